The number of hydrogen-bond donors (Lipinski definition) is 1. The van der Waals surface area contributed by atoms with E-state index >= 15 is 0 Å². The van der Waals surface area contributed by atoms with Crippen LogP contribution in [0, 0.1) is 0 Å². The van der Waals surface area contributed by atoms with E-state index in [9.17, 15) is 22.8 Å². The van der Waals surface area contributed by atoms with E-state index in [1.165, 1.54) is 18.2 Å². The lowest BCUT2D eigenvalue weighted by Gasteiger charge is -2.12. The number of rotatable bonds is 5. The highest BCUT2D eigenvalue weighted by Gasteiger charge is 2.30. The molecule has 3 aromatic rings. The van der Waals surface area contributed by atoms with E-state index in [0.717, 1.165) is 18.2 Å². The van der Waals surface area contributed by atoms with E-state index in [0.29, 0.717) is 11.1 Å². The Hall–Kier alpha value is -3.29. The summed E-state index contributed by atoms with van der Waals surface area (Å²) in [6.07, 6.45) is -4.55. The van der Waals surface area contributed by atoms with Gasteiger partial charge in [-0.15, -0.1) is 0 Å². The molecule has 1 N–H and O–H groups in total. The molecule has 0 aliphatic rings. The second-order valence-electron chi connectivity index (χ2n) is 6.68. The number of ether oxygens (including phenoxy) is 1. The highest BCUT2D eigenvalue weighted by Crippen LogP contribution is 2.29. The summed E-state index contributed by atoms with van der Waals surface area (Å²) in [6, 6.07) is 10.5. The summed E-state index contributed by atoms with van der Waals surface area (Å²) in [5.41, 5.74) is -0.983. The van der Waals surface area contributed by atoms with Crippen molar-refractivity contribution in [1.82, 2.24) is 5.32 Å². The fourth-order valence-electron chi connectivity index (χ4n) is 2.81. The van der Waals surface area contributed by atoms with Crippen molar-refractivity contribution in [3.05, 3.63) is 75.6 Å². The molecule has 0 radical (unpaired) electrons. The molecule has 0 fully saturated rings. The molecule has 8 heteroatoms. The Bertz CT molecular complexity index is 1100. The standard InChI is InChI=1S/C21H18F3NO4/c1-12(2)28-15-6-7-16-17(10-19(26)29-18(16)9-15)20(27)25-11-13-4-3-5-14(8-13)21(22,23)24/h3-10,12H,11H2,1-2H3,(H,25,27). The summed E-state index contributed by atoms with van der Waals surface area (Å²) < 4.78 is 49.2. The van der Waals surface area contributed by atoms with E-state index in [4.69, 9.17) is 9.15 Å². The summed E-state index contributed by atoms with van der Waals surface area (Å²) >= 11 is 0. The molecular weight excluding hydrogens is 387 g/mol. The van der Waals surface area contributed by atoms with Gasteiger partial charge in [-0.25, -0.2) is 4.79 Å². The molecule has 3 rings (SSSR count). The Labute approximate surface area is 164 Å². The molecule has 0 bridgehead atoms. The molecular formula is C21H18F3NO4. The molecule has 0 saturated heterocycles. The number of carbonyl (C=O) groups is 1. The Morgan fingerprint density at radius 1 is 1.14 bits per heavy atom. The predicted octanol–water partition coefficient (Wildman–Crippen LogP) is 4.53. The zero-order chi connectivity index (χ0) is 21.2. The first-order valence-corrected chi connectivity index (χ1v) is 8.82. The number of amides is 1. The van der Waals surface area contributed by atoms with Crippen LogP contribution in [0.5, 0.6) is 5.75 Å². The van der Waals surface area contributed by atoms with E-state index in [1.54, 1.807) is 12.1 Å². The van der Waals surface area contributed by atoms with Crippen LogP contribution in [0.3, 0.4) is 0 Å². The SMILES string of the molecule is CC(C)Oc1ccc2c(C(=O)NCc3cccc(C(F)(F)F)c3)cc(=O)oc2c1. The second-order valence-corrected chi connectivity index (χ2v) is 6.68. The Balaban J connectivity index is 1.85. The first-order chi connectivity index (χ1) is 13.6. The third kappa shape index (κ3) is 4.96. The highest BCUT2D eigenvalue weighted by molar-refractivity contribution is 6.05. The maximum atomic E-state index is 12.8. The van der Waals surface area contributed by atoms with Gasteiger partial charge >= 0.3 is 11.8 Å². The molecule has 1 aromatic heterocycles. The van der Waals surface area contributed by atoms with E-state index in [1.807, 2.05) is 13.8 Å². The Morgan fingerprint density at radius 2 is 1.90 bits per heavy atom. The fraction of sp³-hybridized carbons (Fsp3) is 0.238. The van der Waals surface area contributed by atoms with Crippen LogP contribution in [0.4, 0.5) is 13.2 Å². The molecule has 0 atom stereocenters. The number of benzene rings is 2. The smallest absolute Gasteiger partial charge is 0.416 e. The normalized spacial score (nSPS) is 11.7. The summed E-state index contributed by atoms with van der Waals surface area (Å²) in [4.78, 5) is 24.4. The summed E-state index contributed by atoms with van der Waals surface area (Å²) in [5, 5.41) is 2.93. The van der Waals surface area contributed by atoms with Crippen LogP contribution in [-0.2, 0) is 12.7 Å². The van der Waals surface area contributed by atoms with Crippen molar-refractivity contribution in [1.29, 1.82) is 0 Å². The molecule has 0 spiro atoms. The third-order valence-electron chi connectivity index (χ3n) is 4.04. The predicted molar refractivity (Wildman–Crippen MR) is 101 cm³/mol. The van der Waals surface area contributed by atoms with Gasteiger partial charge in [0, 0.05) is 24.1 Å². The molecule has 1 amide bonds. The van der Waals surface area contributed by atoms with Crippen LogP contribution in [0.1, 0.15) is 35.3 Å². The molecule has 0 saturated carbocycles. The van der Waals surface area contributed by atoms with Crippen LogP contribution in [0.15, 0.2) is 57.7 Å². The largest absolute Gasteiger partial charge is 0.491 e. The minimum absolute atomic E-state index is 0.0688. The number of carbonyl (C=O) groups excluding carboxylic acids is 1. The molecule has 29 heavy (non-hydrogen) atoms. The zero-order valence-corrected chi connectivity index (χ0v) is 15.7. The third-order valence-corrected chi connectivity index (χ3v) is 4.04. The van der Waals surface area contributed by atoms with Crippen molar-refractivity contribution in [3.8, 4) is 5.75 Å². The van der Waals surface area contributed by atoms with Crippen molar-refractivity contribution >= 4 is 16.9 Å². The van der Waals surface area contributed by atoms with Gasteiger partial charge in [0.05, 0.1) is 17.2 Å². The average Bonchev–Trinajstić information content (AvgIpc) is 2.64. The molecule has 0 unspecified atom stereocenters. The number of fused-ring (bicyclic) bond motifs is 1. The van der Waals surface area contributed by atoms with Crippen LogP contribution < -0.4 is 15.7 Å². The quantitative estimate of drug-likeness (QED) is 0.634. The molecule has 5 nitrogen and oxygen atoms in total. The average molecular weight is 405 g/mol. The highest BCUT2D eigenvalue weighted by atomic mass is 19.4. The zero-order valence-electron chi connectivity index (χ0n) is 15.7. The monoisotopic (exact) mass is 405 g/mol. The minimum Gasteiger partial charge on any atom is -0.491 e. The van der Waals surface area contributed by atoms with Crippen molar-refractivity contribution in [2.24, 2.45) is 0 Å². The van der Waals surface area contributed by atoms with E-state index < -0.39 is 23.3 Å². The van der Waals surface area contributed by atoms with Crippen LogP contribution in [-0.4, -0.2) is 12.0 Å². The second kappa shape index (κ2) is 7.98. The lowest BCUT2D eigenvalue weighted by molar-refractivity contribution is -0.137. The molecule has 0 aliphatic carbocycles. The van der Waals surface area contributed by atoms with Gasteiger partial charge in [-0.1, -0.05) is 12.1 Å². The lowest BCUT2D eigenvalue weighted by atomic mass is 10.1. The van der Waals surface area contributed by atoms with Crippen LogP contribution in [0.2, 0.25) is 0 Å². The van der Waals surface area contributed by atoms with Crippen molar-refractivity contribution in [3.63, 3.8) is 0 Å². The lowest BCUT2D eigenvalue weighted by Crippen LogP contribution is -2.24. The van der Waals surface area contributed by atoms with Gasteiger partial charge < -0.3 is 14.5 Å². The number of nitrogens with one attached hydrogen (secondary N) is 1. The van der Waals surface area contributed by atoms with Gasteiger partial charge in [0.2, 0.25) is 0 Å². The maximum Gasteiger partial charge on any atom is 0.416 e. The van der Waals surface area contributed by atoms with Crippen LogP contribution >= 0.6 is 0 Å². The molecule has 1 heterocycles. The first kappa shape index (κ1) is 20.4. The van der Waals surface area contributed by atoms with Gasteiger partial charge in [0.1, 0.15) is 11.3 Å². The maximum absolute atomic E-state index is 12.8. The van der Waals surface area contributed by atoms with E-state index in [-0.39, 0.29) is 29.4 Å². The van der Waals surface area contributed by atoms with Gasteiger partial charge in [0.25, 0.3) is 5.91 Å². The summed E-state index contributed by atoms with van der Waals surface area (Å²) in [7, 11) is 0. The van der Waals surface area contributed by atoms with Crippen molar-refractivity contribution in [2.45, 2.75) is 32.7 Å². The van der Waals surface area contributed by atoms with Crippen molar-refractivity contribution < 1.29 is 27.1 Å². The molecule has 152 valence electrons. The number of hydrogen-bond acceptors (Lipinski definition) is 4. The number of alkyl halides is 3. The Morgan fingerprint density at radius 3 is 2.59 bits per heavy atom. The van der Waals surface area contributed by atoms with Crippen LogP contribution in [0.25, 0.3) is 11.0 Å². The fourth-order valence-corrected chi connectivity index (χ4v) is 2.81. The minimum atomic E-state index is -4.47. The van der Waals surface area contributed by atoms with Crippen molar-refractivity contribution in [2.75, 3.05) is 0 Å². The first-order valence-electron chi connectivity index (χ1n) is 8.82. The number of halogens is 3. The van der Waals surface area contributed by atoms with Gasteiger partial charge in [-0.05, 0) is 43.7 Å². The van der Waals surface area contributed by atoms with Gasteiger partial charge in [-0.3, -0.25) is 4.79 Å². The molecule has 0 aliphatic heterocycles. The summed E-state index contributed by atoms with van der Waals surface area (Å²) in [5.74, 6) is -0.116. The Kier molecular flexibility index (Phi) is 5.63. The van der Waals surface area contributed by atoms with Gasteiger partial charge in [0.15, 0.2) is 0 Å². The van der Waals surface area contributed by atoms with Gasteiger partial charge in [-0.2, -0.15) is 13.2 Å². The molecule has 2 aromatic carbocycles. The summed E-state index contributed by atoms with van der Waals surface area (Å²) in [6.45, 7) is 3.56. The van der Waals surface area contributed by atoms with E-state index in [2.05, 4.69) is 5.32 Å². The topological polar surface area (TPSA) is 68.5 Å².